The lowest BCUT2D eigenvalue weighted by atomic mass is 9.75. The Hall–Kier alpha value is -3.41. The van der Waals surface area contributed by atoms with E-state index in [0.29, 0.717) is 38.4 Å². The van der Waals surface area contributed by atoms with Gasteiger partial charge in [0.05, 0.1) is 17.0 Å². The summed E-state index contributed by atoms with van der Waals surface area (Å²) >= 11 is 0. The number of nitrogens with two attached hydrogens (primary N) is 1. The molecule has 0 saturated carbocycles. The quantitative estimate of drug-likeness (QED) is 0.523. The summed E-state index contributed by atoms with van der Waals surface area (Å²) in [6.45, 7) is 10.6. The van der Waals surface area contributed by atoms with Gasteiger partial charge in [0.25, 0.3) is 0 Å². The van der Waals surface area contributed by atoms with E-state index in [9.17, 15) is 18.0 Å². The third-order valence-electron chi connectivity index (χ3n) is 8.74. The summed E-state index contributed by atoms with van der Waals surface area (Å²) in [7, 11) is 2.06. The van der Waals surface area contributed by atoms with E-state index >= 15 is 0 Å². The van der Waals surface area contributed by atoms with E-state index in [1.54, 1.807) is 4.90 Å². The molecule has 1 aliphatic carbocycles. The molecule has 2 N–H and O–H groups in total. The summed E-state index contributed by atoms with van der Waals surface area (Å²) in [6.07, 6.45) is -0.373. The number of nitrogens with zero attached hydrogens (tertiary/aromatic N) is 6. The van der Waals surface area contributed by atoms with Gasteiger partial charge in [0.15, 0.2) is 0 Å². The van der Waals surface area contributed by atoms with Crippen molar-refractivity contribution in [3.63, 3.8) is 0 Å². The van der Waals surface area contributed by atoms with Crippen LogP contribution in [0.5, 0.6) is 6.01 Å². The number of carbonyl (C=O) groups is 1. The molecule has 5 rings (SSSR count). The van der Waals surface area contributed by atoms with Crippen molar-refractivity contribution in [2.75, 3.05) is 50.5 Å². The standard InChI is InChI=1S/C29H38F3N7O2/c1-5-25(40)38-11-12-39(18(3)15-38)27-21-13-17(2)20(26-22(29(30,31)32)8-9-24(33)35-26)14-23(21)34-28(36-27)41-16-19-7-6-10-37(19)4/h5,8-9,17-20H,1,6-7,10-16H2,2-4H3,(H2,33,35)/t17-,18?,19?,20-/m1/s1. The lowest BCUT2D eigenvalue weighted by Crippen LogP contribution is -2.54. The summed E-state index contributed by atoms with van der Waals surface area (Å²) in [4.78, 5) is 32.3. The Morgan fingerprint density at radius 3 is 2.61 bits per heavy atom. The van der Waals surface area contributed by atoms with Crippen LogP contribution in [0, 0.1) is 5.92 Å². The van der Waals surface area contributed by atoms with Gasteiger partial charge in [-0.25, -0.2) is 4.98 Å². The number of alkyl halides is 3. The summed E-state index contributed by atoms with van der Waals surface area (Å²) in [5, 5.41) is 0. The molecule has 2 aliphatic heterocycles. The minimum atomic E-state index is -4.55. The van der Waals surface area contributed by atoms with Gasteiger partial charge in [0.2, 0.25) is 5.91 Å². The minimum absolute atomic E-state index is 0.0408. The second kappa shape index (κ2) is 11.5. The van der Waals surface area contributed by atoms with Crippen LogP contribution in [0.2, 0.25) is 0 Å². The topological polar surface area (TPSA) is 101 Å². The third-order valence-corrected chi connectivity index (χ3v) is 8.74. The molecule has 0 spiro atoms. The number of hydrogen-bond donors (Lipinski definition) is 1. The van der Waals surface area contributed by atoms with Gasteiger partial charge in [-0.1, -0.05) is 13.5 Å². The number of ether oxygens (including phenoxy) is 1. The number of anilines is 2. The van der Waals surface area contributed by atoms with Gasteiger partial charge in [-0.3, -0.25) is 4.79 Å². The molecule has 41 heavy (non-hydrogen) atoms. The van der Waals surface area contributed by atoms with E-state index in [4.69, 9.17) is 20.4 Å². The van der Waals surface area contributed by atoms with Gasteiger partial charge in [0.1, 0.15) is 18.2 Å². The van der Waals surface area contributed by atoms with E-state index in [1.807, 2.05) is 13.8 Å². The number of likely N-dealkylation sites (N-methyl/N-ethyl adjacent to an activating group) is 1. The molecule has 0 radical (unpaired) electrons. The van der Waals surface area contributed by atoms with Gasteiger partial charge >= 0.3 is 12.2 Å². The Morgan fingerprint density at radius 2 is 1.95 bits per heavy atom. The first-order valence-corrected chi connectivity index (χ1v) is 14.2. The number of pyridine rings is 1. The Labute approximate surface area is 238 Å². The van der Waals surface area contributed by atoms with Gasteiger partial charge in [-0.15, -0.1) is 0 Å². The van der Waals surface area contributed by atoms with Crippen LogP contribution in [0.3, 0.4) is 0 Å². The summed E-state index contributed by atoms with van der Waals surface area (Å²) in [5.74, 6) is -0.0287. The number of halogens is 3. The van der Waals surface area contributed by atoms with Crippen molar-refractivity contribution in [2.45, 2.75) is 63.7 Å². The smallest absolute Gasteiger partial charge is 0.418 e. The van der Waals surface area contributed by atoms with Crippen LogP contribution in [-0.4, -0.2) is 82.6 Å². The average Bonchev–Trinajstić information content (AvgIpc) is 3.34. The third kappa shape index (κ3) is 5.98. The molecule has 2 aromatic heterocycles. The van der Waals surface area contributed by atoms with Gasteiger partial charge in [-0.05, 0) is 70.3 Å². The molecule has 9 nitrogen and oxygen atoms in total. The second-order valence-corrected chi connectivity index (χ2v) is 11.5. The van der Waals surface area contributed by atoms with E-state index < -0.39 is 17.7 Å². The number of hydrogen-bond acceptors (Lipinski definition) is 8. The molecular weight excluding hydrogens is 535 g/mol. The molecule has 2 fully saturated rings. The number of amides is 1. The monoisotopic (exact) mass is 573 g/mol. The molecule has 3 aliphatic rings. The van der Waals surface area contributed by atoms with Crippen molar-refractivity contribution in [3.05, 3.63) is 47.3 Å². The van der Waals surface area contributed by atoms with E-state index in [-0.39, 0.29) is 47.9 Å². The van der Waals surface area contributed by atoms with E-state index in [2.05, 4.69) is 28.4 Å². The van der Waals surface area contributed by atoms with Crippen molar-refractivity contribution >= 4 is 17.5 Å². The zero-order chi connectivity index (χ0) is 29.5. The molecule has 2 saturated heterocycles. The highest BCUT2D eigenvalue weighted by Crippen LogP contribution is 2.44. The summed E-state index contributed by atoms with van der Waals surface area (Å²) in [6, 6.07) is 2.65. The zero-order valence-corrected chi connectivity index (χ0v) is 23.8. The molecule has 0 aromatic carbocycles. The maximum absolute atomic E-state index is 14.0. The molecule has 1 amide bonds. The predicted octanol–water partition coefficient (Wildman–Crippen LogP) is 3.69. The fourth-order valence-electron chi connectivity index (χ4n) is 6.39. The maximum atomic E-state index is 14.0. The molecule has 0 bridgehead atoms. The molecule has 2 unspecified atom stereocenters. The van der Waals surface area contributed by atoms with Gasteiger partial charge < -0.3 is 25.2 Å². The maximum Gasteiger partial charge on any atom is 0.418 e. The molecule has 4 heterocycles. The number of piperazine rings is 1. The first kappa shape index (κ1) is 29.1. The molecule has 12 heteroatoms. The highest BCUT2D eigenvalue weighted by atomic mass is 19.4. The number of rotatable bonds is 6. The minimum Gasteiger partial charge on any atom is -0.462 e. The van der Waals surface area contributed by atoms with Gasteiger partial charge in [0, 0.05) is 43.2 Å². The Bertz CT molecular complexity index is 1300. The second-order valence-electron chi connectivity index (χ2n) is 11.5. The van der Waals surface area contributed by atoms with E-state index in [0.717, 1.165) is 36.8 Å². The molecular formula is C29H38F3N7O2. The molecule has 4 atom stereocenters. The van der Waals surface area contributed by atoms with Gasteiger partial charge in [-0.2, -0.15) is 23.1 Å². The SMILES string of the molecule is C=CC(=O)N1CCN(c2nc(OCC3CCCN3C)nc3c2C[C@@H](C)[C@H](c2nc(N)ccc2C(F)(F)F)C3)C(C)C1. The van der Waals surface area contributed by atoms with Crippen LogP contribution in [-0.2, 0) is 23.8 Å². The number of likely N-dealkylation sites (tertiary alicyclic amines) is 1. The normalized spacial score (nSPS) is 25.2. The van der Waals surface area contributed by atoms with Crippen LogP contribution < -0.4 is 15.4 Å². The lowest BCUT2D eigenvalue weighted by Gasteiger charge is -2.42. The summed E-state index contributed by atoms with van der Waals surface area (Å²) < 4.78 is 48.1. The Balaban J connectivity index is 1.51. The zero-order valence-electron chi connectivity index (χ0n) is 23.8. The van der Waals surface area contributed by atoms with Crippen molar-refractivity contribution in [3.8, 4) is 6.01 Å². The fourth-order valence-corrected chi connectivity index (χ4v) is 6.39. The molecule has 2 aromatic rings. The first-order valence-electron chi connectivity index (χ1n) is 14.2. The van der Waals surface area contributed by atoms with Crippen molar-refractivity contribution in [2.24, 2.45) is 5.92 Å². The Kier molecular flexibility index (Phi) is 8.13. The van der Waals surface area contributed by atoms with Crippen molar-refractivity contribution < 1.29 is 22.7 Å². The van der Waals surface area contributed by atoms with Crippen molar-refractivity contribution in [1.82, 2.24) is 24.8 Å². The highest BCUT2D eigenvalue weighted by Gasteiger charge is 2.41. The van der Waals surface area contributed by atoms with Crippen molar-refractivity contribution in [1.29, 1.82) is 0 Å². The molecule has 222 valence electrons. The number of nitrogen functional groups attached to an aromatic ring is 1. The van der Waals surface area contributed by atoms with Crippen LogP contribution in [0.4, 0.5) is 24.8 Å². The number of carbonyl (C=O) groups excluding carboxylic acids is 1. The van der Waals surface area contributed by atoms with Crippen LogP contribution >= 0.6 is 0 Å². The largest absolute Gasteiger partial charge is 0.462 e. The van der Waals surface area contributed by atoms with Crippen LogP contribution in [0.25, 0.3) is 0 Å². The number of fused-ring (bicyclic) bond motifs is 1. The summed E-state index contributed by atoms with van der Waals surface area (Å²) in [5.41, 5.74) is 6.63. The lowest BCUT2D eigenvalue weighted by molar-refractivity contribution is -0.138. The highest BCUT2D eigenvalue weighted by molar-refractivity contribution is 5.87. The average molecular weight is 574 g/mol. The van der Waals surface area contributed by atoms with E-state index in [1.165, 1.54) is 12.1 Å². The number of aromatic nitrogens is 3. The fraction of sp³-hybridized carbons (Fsp3) is 0.586. The first-order chi connectivity index (χ1) is 19.5. The van der Waals surface area contributed by atoms with Crippen LogP contribution in [0.15, 0.2) is 24.8 Å². The predicted molar refractivity (Wildman–Crippen MR) is 150 cm³/mol. The van der Waals surface area contributed by atoms with Crippen LogP contribution in [0.1, 0.15) is 55.1 Å². The Morgan fingerprint density at radius 1 is 1.17 bits per heavy atom.